The Morgan fingerprint density at radius 1 is 1.30 bits per heavy atom. The molecule has 0 aromatic carbocycles. The Morgan fingerprint density at radius 3 is 2.83 bits per heavy atom. The van der Waals surface area contributed by atoms with E-state index in [0.717, 1.165) is 44.9 Å². The predicted molar refractivity (Wildman–Crippen MR) is 90.4 cm³/mol. The van der Waals surface area contributed by atoms with Crippen molar-refractivity contribution in [2.45, 2.75) is 64.4 Å². The van der Waals surface area contributed by atoms with E-state index >= 15 is 0 Å². The summed E-state index contributed by atoms with van der Waals surface area (Å²) >= 11 is 0. The van der Waals surface area contributed by atoms with Gasteiger partial charge < -0.3 is 5.11 Å². The molecule has 3 fully saturated rings. The molecule has 0 aromatic heterocycles. The van der Waals surface area contributed by atoms with Crippen LogP contribution < -0.4 is 0 Å². The van der Waals surface area contributed by atoms with E-state index in [1.54, 1.807) is 0 Å². The Morgan fingerprint density at radius 2 is 2.09 bits per heavy atom. The molecule has 0 unspecified atom stereocenters. The van der Waals surface area contributed by atoms with Crippen molar-refractivity contribution in [1.29, 1.82) is 0 Å². The summed E-state index contributed by atoms with van der Waals surface area (Å²) in [6.45, 7) is 4.59. The minimum atomic E-state index is -0.916. The summed E-state index contributed by atoms with van der Waals surface area (Å²) in [6, 6.07) is 0. The van der Waals surface area contributed by atoms with Gasteiger partial charge in [-0.15, -0.1) is 6.42 Å². The molecule has 0 aliphatic heterocycles. The van der Waals surface area contributed by atoms with Crippen molar-refractivity contribution in [3.63, 3.8) is 0 Å². The summed E-state index contributed by atoms with van der Waals surface area (Å²) in [5, 5.41) is 11.0. The van der Waals surface area contributed by atoms with Crippen LogP contribution in [0.5, 0.6) is 0 Å². The van der Waals surface area contributed by atoms with Crippen LogP contribution >= 0.6 is 0 Å². The molecule has 0 heterocycles. The van der Waals surface area contributed by atoms with Gasteiger partial charge in [0.1, 0.15) is 5.60 Å². The molecule has 2 nitrogen and oxygen atoms in total. The first-order chi connectivity index (χ1) is 10.9. The van der Waals surface area contributed by atoms with Crippen molar-refractivity contribution in [3.8, 4) is 12.3 Å². The topological polar surface area (TPSA) is 37.3 Å². The molecule has 4 rings (SSSR count). The molecule has 3 saturated carbocycles. The van der Waals surface area contributed by atoms with Crippen molar-refractivity contribution in [1.82, 2.24) is 0 Å². The van der Waals surface area contributed by atoms with Crippen LogP contribution in [-0.4, -0.2) is 16.5 Å². The largest absolute Gasteiger partial charge is 0.377 e. The number of allylic oxidation sites excluding steroid dienone is 1. The molecule has 0 saturated heterocycles. The number of ketones is 1. The molecule has 0 radical (unpaired) electrons. The number of carbonyl (C=O) groups is 1. The summed E-state index contributed by atoms with van der Waals surface area (Å²) in [7, 11) is 0. The smallest absolute Gasteiger partial charge is 0.155 e. The van der Waals surface area contributed by atoms with Crippen LogP contribution in [-0.2, 0) is 4.79 Å². The fraction of sp³-hybridized carbons (Fsp3) is 0.762. The molecule has 4 aliphatic rings. The first kappa shape index (κ1) is 15.5. The third-order valence-electron chi connectivity index (χ3n) is 8.03. The summed E-state index contributed by atoms with van der Waals surface area (Å²) in [6.07, 6.45) is 14.5. The second kappa shape index (κ2) is 4.96. The Bertz CT molecular complexity index is 612. The number of aliphatic hydroxyl groups is 1. The summed E-state index contributed by atoms with van der Waals surface area (Å²) in [4.78, 5) is 11.8. The highest BCUT2D eigenvalue weighted by molar-refractivity contribution is 5.91. The first-order valence-electron chi connectivity index (χ1n) is 9.33. The molecule has 0 spiro atoms. The molecule has 23 heavy (non-hydrogen) atoms. The van der Waals surface area contributed by atoms with Gasteiger partial charge in [0.15, 0.2) is 5.78 Å². The lowest BCUT2D eigenvalue weighted by Gasteiger charge is -2.56. The third-order valence-corrected chi connectivity index (χ3v) is 8.03. The number of carbonyl (C=O) groups excluding carboxylic acids is 1. The lowest BCUT2D eigenvalue weighted by atomic mass is 9.48. The van der Waals surface area contributed by atoms with E-state index in [-0.39, 0.29) is 5.41 Å². The van der Waals surface area contributed by atoms with Gasteiger partial charge in [-0.3, -0.25) is 4.79 Å². The number of rotatable bonds is 0. The van der Waals surface area contributed by atoms with E-state index in [9.17, 15) is 9.90 Å². The van der Waals surface area contributed by atoms with Crippen LogP contribution in [0.15, 0.2) is 11.6 Å². The van der Waals surface area contributed by atoms with Crippen LogP contribution in [0.25, 0.3) is 0 Å². The van der Waals surface area contributed by atoms with Gasteiger partial charge in [-0.25, -0.2) is 0 Å². The molecule has 0 bridgehead atoms. The van der Waals surface area contributed by atoms with Crippen molar-refractivity contribution in [2.75, 3.05) is 0 Å². The standard InChI is InChI=1S/C21H28O2/c1-4-21(23)10-8-18-19-13(2)11-14-12-15(22)5-6-16(14)17(19)7-9-20(18,21)3/h1,12-13,16-19,23H,5-11H2,2-3H3/t13-,16+,17+,18-,19+,20+,21+/m1/s1. The van der Waals surface area contributed by atoms with E-state index in [4.69, 9.17) is 6.42 Å². The van der Waals surface area contributed by atoms with Crippen molar-refractivity contribution < 1.29 is 9.90 Å². The van der Waals surface area contributed by atoms with Gasteiger partial charge in [0.25, 0.3) is 0 Å². The van der Waals surface area contributed by atoms with Crippen molar-refractivity contribution >= 4 is 5.78 Å². The maximum absolute atomic E-state index is 11.8. The highest BCUT2D eigenvalue weighted by atomic mass is 16.3. The van der Waals surface area contributed by atoms with E-state index in [2.05, 4.69) is 19.8 Å². The average Bonchev–Trinajstić information content (AvgIpc) is 2.79. The predicted octanol–water partition coefficient (Wildman–Crippen LogP) is 3.74. The third kappa shape index (κ3) is 1.96. The molecule has 0 aromatic rings. The Balaban J connectivity index is 1.70. The Kier molecular flexibility index (Phi) is 3.34. The minimum Gasteiger partial charge on any atom is -0.377 e. The van der Waals surface area contributed by atoms with Gasteiger partial charge in [-0.05, 0) is 74.2 Å². The van der Waals surface area contributed by atoms with Crippen LogP contribution in [0.2, 0.25) is 0 Å². The second-order valence-corrected chi connectivity index (χ2v) is 8.86. The monoisotopic (exact) mass is 312 g/mol. The minimum absolute atomic E-state index is 0.122. The van der Waals surface area contributed by atoms with Gasteiger partial charge in [0.2, 0.25) is 0 Å². The number of hydrogen-bond donors (Lipinski definition) is 1. The average molecular weight is 312 g/mol. The van der Waals surface area contributed by atoms with E-state index < -0.39 is 5.60 Å². The van der Waals surface area contributed by atoms with E-state index in [1.807, 2.05) is 6.08 Å². The van der Waals surface area contributed by atoms with Crippen LogP contribution in [0.3, 0.4) is 0 Å². The molecule has 2 heteroatoms. The molecule has 1 N–H and O–H groups in total. The van der Waals surface area contributed by atoms with Crippen LogP contribution in [0.4, 0.5) is 0 Å². The van der Waals surface area contributed by atoms with Gasteiger partial charge in [0.05, 0.1) is 0 Å². The quantitative estimate of drug-likeness (QED) is 0.692. The maximum atomic E-state index is 11.8. The first-order valence-corrected chi connectivity index (χ1v) is 9.33. The number of hydrogen-bond acceptors (Lipinski definition) is 2. The van der Waals surface area contributed by atoms with E-state index in [1.165, 1.54) is 5.57 Å². The molecule has 124 valence electrons. The van der Waals surface area contributed by atoms with Gasteiger partial charge in [0, 0.05) is 11.8 Å². The number of terminal acetylenes is 1. The van der Waals surface area contributed by atoms with Crippen LogP contribution in [0, 0.1) is 47.3 Å². The summed E-state index contributed by atoms with van der Waals surface area (Å²) in [5.74, 6) is 6.17. The molecular weight excluding hydrogens is 284 g/mol. The highest BCUT2D eigenvalue weighted by Gasteiger charge is 2.62. The van der Waals surface area contributed by atoms with Gasteiger partial charge in [-0.2, -0.15) is 0 Å². The summed E-state index contributed by atoms with van der Waals surface area (Å²) < 4.78 is 0. The van der Waals surface area contributed by atoms with Gasteiger partial charge in [-0.1, -0.05) is 25.3 Å². The second-order valence-electron chi connectivity index (χ2n) is 8.86. The number of fused-ring (bicyclic) bond motifs is 5. The highest BCUT2D eigenvalue weighted by Crippen LogP contribution is 2.65. The lowest BCUT2D eigenvalue weighted by Crippen LogP contribution is -2.53. The van der Waals surface area contributed by atoms with Crippen molar-refractivity contribution in [3.05, 3.63) is 11.6 Å². The zero-order valence-corrected chi connectivity index (χ0v) is 14.3. The SMILES string of the molecule is C#C[C@]1(O)CC[C@@H]2[C@@H]3[C@@H](CC[C@@]21C)[C@H]1CCC(=O)C=C1C[C@H]3C. The molecule has 7 atom stereocenters. The van der Waals surface area contributed by atoms with Gasteiger partial charge >= 0.3 is 0 Å². The van der Waals surface area contributed by atoms with Crippen molar-refractivity contribution in [2.24, 2.45) is 35.0 Å². The molecule has 4 aliphatic carbocycles. The Labute approximate surface area is 139 Å². The maximum Gasteiger partial charge on any atom is 0.155 e. The Hall–Kier alpha value is -1.07. The molecular formula is C21H28O2. The zero-order valence-electron chi connectivity index (χ0n) is 14.3. The fourth-order valence-corrected chi connectivity index (χ4v) is 6.84. The fourth-order valence-electron chi connectivity index (χ4n) is 6.84. The van der Waals surface area contributed by atoms with Crippen LogP contribution in [0.1, 0.15) is 58.8 Å². The zero-order chi connectivity index (χ0) is 16.4. The lowest BCUT2D eigenvalue weighted by molar-refractivity contribution is -0.117. The summed E-state index contributed by atoms with van der Waals surface area (Å²) in [5.41, 5.74) is 0.382. The van der Waals surface area contributed by atoms with E-state index in [0.29, 0.717) is 35.4 Å². The molecule has 0 amide bonds. The normalized spacial score (nSPS) is 52.0.